The monoisotopic (exact) mass is 267 g/mol. The smallest absolute Gasteiger partial charge is 0.111 e. The number of rotatable bonds is 9. The van der Waals surface area contributed by atoms with Crippen molar-refractivity contribution in [3.05, 3.63) is 0 Å². The van der Waals surface area contributed by atoms with Crippen LogP contribution in [-0.2, 0) is 0 Å². The van der Waals surface area contributed by atoms with E-state index in [2.05, 4.69) is 12.3 Å². The van der Waals surface area contributed by atoms with E-state index in [1.54, 1.807) is 0 Å². The summed E-state index contributed by atoms with van der Waals surface area (Å²) in [5.41, 5.74) is 2.81. The van der Waals surface area contributed by atoms with Gasteiger partial charge in [-0.2, -0.15) is 0 Å². The molecule has 0 bridgehead atoms. The number of nitrogens with two attached hydrogens (primary N) is 1. The fourth-order valence-corrected chi connectivity index (χ4v) is 2.85. The largest absolute Gasteiger partial charge is 0.312 e. The van der Waals surface area contributed by atoms with Gasteiger partial charge in [0.1, 0.15) is 5.84 Å². The second-order valence-electron chi connectivity index (χ2n) is 5.88. The SMILES string of the molecule is CCCCCCCCCC(=NC1CCCCC1)NN. The molecule has 0 heterocycles. The summed E-state index contributed by atoms with van der Waals surface area (Å²) in [4.78, 5) is 4.78. The molecule has 1 saturated carbocycles. The maximum atomic E-state index is 5.59. The van der Waals surface area contributed by atoms with E-state index in [-0.39, 0.29) is 0 Å². The summed E-state index contributed by atoms with van der Waals surface area (Å²) >= 11 is 0. The number of aliphatic imine (C=N–C) groups is 1. The van der Waals surface area contributed by atoms with Crippen LogP contribution in [0.3, 0.4) is 0 Å². The summed E-state index contributed by atoms with van der Waals surface area (Å²) < 4.78 is 0. The van der Waals surface area contributed by atoms with Crippen molar-refractivity contribution < 1.29 is 0 Å². The van der Waals surface area contributed by atoms with Crippen LogP contribution in [0.4, 0.5) is 0 Å². The number of hydrogen-bond donors (Lipinski definition) is 2. The standard InChI is InChI=1S/C16H33N3/c1-2-3-4-5-6-7-11-14-16(19-17)18-15-12-9-8-10-13-15/h15H,2-14,17H2,1H3,(H,18,19). The summed E-state index contributed by atoms with van der Waals surface area (Å²) in [5.74, 6) is 6.62. The molecule has 3 N–H and O–H groups in total. The van der Waals surface area contributed by atoms with Crippen molar-refractivity contribution in [2.24, 2.45) is 10.8 Å². The van der Waals surface area contributed by atoms with Crippen LogP contribution < -0.4 is 11.3 Å². The molecule has 19 heavy (non-hydrogen) atoms. The number of hydrazine groups is 1. The molecule has 0 amide bonds. The van der Waals surface area contributed by atoms with E-state index in [0.29, 0.717) is 6.04 Å². The van der Waals surface area contributed by atoms with Crippen LogP contribution in [0.15, 0.2) is 4.99 Å². The van der Waals surface area contributed by atoms with E-state index >= 15 is 0 Å². The van der Waals surface area contributed by atoms with Crippen LogP contribution in [0.1, 0.15) is 90.4 Å². The molecular weight excluding hydrogens is 234 g/mol. The predicted molar refractivity (Wildman–Crippen MR) is 84.2 cm³/mol. The van der Waals surface area contributed by atoms with E-state index in [0.717, 1.165) is 12.3 Å². The van der Waals surface area contributed by atoms with Crippen LogP contribution >= 0.6 is 0 Å². The molecule has 1 aliphatic rings. The van der Waals surface area contributed by atoms with Gasteiger partial charge in [0.15, 0.2) is 0 Å². The van der Waals surface area contributed by atoms with Gasteiger partial charge in [-0.3, -0.25) is 4.99 Å². The average Bonchev–Trinajstić information content (AvgIpc) is 2.46. The summed E-state index contributed by atoms with van der Waals surface area (Å²) in [5, 5.41) is 0. The molecule has 0 aromatic rings. The van der Waals surface area contributed by atoms with Crippen LogP contribution in [0, 0.1) is 0 Å². The highest BCUT2D eigenvalue weighted by molar-refractivity contribution is 5.81. The second-order valence-corrected chi connectivity index (χ2v) is 5.88. The van der Waals surface area contributed by atoms with Gasteiger partial charge in [-0.15, -0.1) is 0 Å². The molecule has 1 rings (SSSR count). The molecule has 1 fully saturated rings. The Kier molecular flexibility index (Phi) is 9.78. The van der Waals surface area contributed by atoms with Gasteiger partial charge in [0.25, 0.3) is 0 Å². The van der Waals surface area contributed by atoms with Gasteiger partial charge in [-0.1, -0.05) is 64.7 Å². The number of amidine groups is 1. The summed E-state index contributed by atoms with van der Waals surface area (Å²) in [6.07, 6.45) is 17.0. The molecular formula is C16H33N3. The number of unbranched alkanes of at least 4 members (excludes halogenated alkanes) is 6. The maximum absolute atomic E-state index is 5.59. The van der Waals surface area contributed by atoms with Crippen molar-refractivity contribution in [1.82, 2.24) is 5.43 Å². The lowest BCUT2D eigenvalue weighted by Crippen LogP contribution is -2.32. The Labute approximate surface area is 119 Å². The van der Waals surface area contributed by atoms with Gasteiger partial charge in [-0.25, -0.2) is 5.84 Å². The first-order valence-corrected chi connectivity index (χ1v) is 8.40. The fraction of sp³-hybridized carbons (Fsp3) is 0.938. The summed E-state index contributed by atoms with van der Waals surface area (Å²) in [6.45, 7) is 2.26. The maximum Gasteiger partial charge on any atom is 0.111 e. The third kappa shape index (κ3) is 8.25. The second kappa shape index (κ2) is 11.3. The molecule has 0 aromatic heterocycles. The molecule has 0 unspecified atom stereocenters. The predicted octanol–water partition coefficient (Wildman–Crippen LogP) is 4.32. The molecule has 0 radical (unpaired) electrons. The topological polar surface area (TPSA) is 50.4 Å². The first-order valence-electron chi connectivity index (χ1n) is 8.40. The number of nitrogens with zero attached hydrogens (tertiary/aromatic N) is 1. The summed E-state index contributed by atoms with van der Waals surface area (Å²) in [7, 11) is 0. The van der Waals surface area contributed by atoms with E-state index in [9.17, 15) is 0 Å². The molecule has 0 aliphatic heterocycles. The third-order valence-corrected chi connectivity index (χ3v) is 4.10. The van der Waals surface area contributed by atoms with E-state index in [4.69, 9.17) is 10.8 Å². The highest BCUT2D eigenvalue weighted by Crippen LogP contribution is 2.20. The van der Waals surface area contributed by atoms with Gasteiger partial charge in [-0.05, 0) is 19.3 Å². The van der Waals surface area contributed by atoms with Crippen molar-refractivity contribution in [2.45, 2.75) is 96.4 Å². The van der Waals surface area contributed by atoms with E-state index in [1.807, 2.05) is 0 Å². The van der Waals surface area contributed by atoms with Gasteiger partial charge in [0.05, 0.1) is 6.04 Å². The lowest BCUT2D eigenvalue weighted by atomic mass is 9.96. The highest BCUT2D eigenvalue weighted by atomic mass is 15.3. The van der Waals surface area contributed by atoms with Crippen LogP contribution in [0.5, 0.6) is 0 Å². The van der Waals surface area contributed by atoms with Crippen LogP contribution in [0.25, 0.3) is 0 Å². The minimum absolute atomic E-state index is 0.532. The molecule has 1 aliphatic carbocycles. The fourth-order valence-electron chi connectivity index (χ4n) is 2.85. The Morgan fingerprint density at radius 2 is 1.63 bits per heavy atom. The Bertz CT molecular complexity index is 232. The molecule has 0 saturated heterocycles. The first-order chi connectivity index (χ1) is 9.36. The van der Waals surface area contributed by atoms with Crippen molar-refractivity contribution >= 4 is 5.84 Å². The zero-order valence-corrected chi connectivity index (χ0v) is 12.8. The molecule has 3 nitrogen and oxygen atoms in total. The molecule has 3 heteroatoms. The Morgan fingerprint density at radius 3 is 2.26 bits per heavy atom. The van der Waals surface area contributed by atoms with Crippen molar-refractivity contribution in [2.75, 3.05) is 0 Å². The molecule has 0 spiro atoms. The van der Waals surface area contributed by atoms with Crippen molar-refractivity contribution in [3.63, 3.8) is 0 Å². The van der Waals surface area contributed by atoms with Gasteiger partial charge >= 0.3 is 0 Å². The lowest BCUT2D eigenvalue weighted by molar-refractivity contribution is 0.441. The highest BCUT2D eigenvalue weighted by Gasteiger charge is 2.12. The Hall–Kier alpha value is -0.570. The van der Waals surface area contributed by atoms with Gasteiger partial charge in [0, 0.05) is 6.42 Å². The minimum atomic E-state index is 0.532. The third-order valence-electron chi connectivity index (χ3n) is 4.10. The average molecular weight is 267 g/mol. The number of hydrogen-bond acceptors (Lipinski definition) is 2. The molecule has 112 valence electrons. The van der Waals surface area contributed by atoms with Crippen LogP contribution in [-0.4, -0.2) is 11.9 Å². The molecule has 0 aromatic carbocycles. The lowest BCUT2D eigenvalue weighted by Gasteiger charge is -2.19. The Balaban J connectivity index is 2.08. The number of nitrogens with one attached hydrogen (secondary N) is 1. The minimum Gasteiger partial charge on any atom is -0.312 e. The van der Waals surface area contributed by atoms with E-state index < -0.39 is 0 Å². The van der Waals surface area contributed by atoms with Crippen molar-refractivity contribution in [1.29, 1.82) is 0 Å². The van der Waals surface area contributed by atoms with Crippen LogP contribution in [0.2, 0.25) is 0 Å². The Morgan fingerprint density at radius 1 is 1.00 bits per heavy atom. The first kappa shape index (κ1) is 16.5. The van der Waals surface area contributed by atoms with Gasteiger partial charge < -0.3 is 5.43 Å². The van der Waals surface area contributed by atoms with Crippen molar-refractivity contribution in [3.8, 4) is 0 Å². The quantitative estimate of drug-likeness (QED) is 0.215. The molecule has 0 atom stereocenters. The van der Waals surface area contributed by atoms with Gasteiger partial charge in [0.2, 0.25) is 0 Å². The normalized spacial score (nSPS) is 17.7. The zero-order valence-electron chi connectivity index (χ0n) is 12.8. The zero-order chi connectivity index (χ0) is 13.8. The van der Waals surface area contributed by atoms with E-state index in [1.165, 1.54) is 77.0 Å². The summed E-state index contributed by atoms with van der Waals surface area (Å²) in [6, 6.07) is 0.532.